The smallest absolute Gasteiger partial charge is 0.410 e. The number of rotatable bonds is 9. The summed E-state index contributed by atoms with van der Waals surface area (Å²) in [6.07, 6.45) is 4.52. The van der Waals surface area contributed by atoms with Crippen LogP contribution in [0.15, 0.2) is 42.6 Å². The van der Waals surface area contributed by atoms with Crippen LogP contribution < -0.4 is 0 Å². The fourth-order valence-corrected chi connectivity index (χ4v) is 7.94. The van der Waals surface area contributed by atoms with Gasteiger partial charge < -0.3 is 23.9 Å². The topological polar surface area (TPSA) is 78.5 Å². The Morgan fingerprint density at radius 2 is 1.60 bits per heavy atom. The van der Waals surface area contributed by atoms with Crippen LogP contribution >= 0.6 is 0 Å². The molecular formula is C37H57N5O4Si. The zero-order chi connectivity index (χ0) is 34.0. The normalized spacial score (nSPS) is 19.2. The van der Waals surface area contributed by atoms with Gasteiger partial charge in [0.15, 0.2) is 8.32 Å². The van der Waals surface area contributed by atoms with Crippen molar-refractivity contribution >= 4 is 20.4 Å². The van der Waals surface area contributed by atoms with E-state index in [0.717, 1.165) is 44.6 Å². The van der Waals surface area contributed by atoms with Crippen molar-refractivity contribution in [2.75, 3.05) is 45.8 Å². The summed E-state index contributed by atoms with van der Waals surface area (Å²) in [6, 6.07) is 13.0. The van der Waals surface area contributed by atoms with E-state index in [0.29, 0.717) is 45.2 Å². The number of pyridine rings is 1. The van der Waals surface area contributed by atoms with E-state index < -0.39 is 13.9 Å². The molecule has 47 heavy (non-hydrogen) atoms. The van der Waals surface area contributed by atoms with Crippen LogP contribution in [0.3, 0.4) is 0 Å². The molecule has 0 bridgehead atoms. The number of aromatic nitrogens is 1. The van der Waals surface area contributed by atoms with E-state index in [1.54, 1.807) is 0 Å². The second-order valence-electron chi connectivity index (χ2n) is 16.2. The number of ether oxygens (including phenoxy) is 1. The fourth-order valence-electron chi connectivity index (χ4n) is 6.61. The van der Waals surface area contributed by atoms with E-state index in [2.05, 4.69) is 75.2 Å². The predicted octanol–water partition coefficient (Wildman–Crippen LogP) is 6.88. The number of urea groups is 1. The molecule has 9 nitrogen and oxygen atoms in total. The molecule has 4 heterocycles. The van der Waals surface area contributed by atoms with Gasteiger partial charge in [0.25, 0.3) is 0 Å². The highest BCUT2D eigenvalue weighted by atomic mass is 28.4. The molecule has 2 fully saturated rings. The zero-order valence-corrected chi connectivity index (χ0v) is 31.1. The molecule has 0 unspecified atom stereocenters. The van der Waals surface area contributed by atoms with Gasteiger partial charge in [-0.15, -0.1) is 0 Å². The Balaban J connectivity index is 1.16. The first-order valence-corrected chi connectivity index (χ1v) is 20.4. The minimum atomic E-state index is -2.05. The first-order chi connectivity index (χ1) is 22.1. The lowest BCUT2D eigenvalue weighted by Gasteiger charge is -2.42. The first kappa shape index (κ1) is 35.4. The molecule has 0 radical (unpaired) electrons. The van der Waals surface area contributed by atoms with Crippen LogP contribution in [0.25, 0.3) is 0 Å². The Hall–Kier alpha value is -2.95. The van der Waals surface area contributed by atoms with Crippen molar-refractivity contribution in [3.8, 4) is 0 Å². The second kappa shape index (κ2) is 14.3. The summed E-state index contributed by atoms with van der Waals surface area (Å²) >= 11 is 0. The van der Waals surface area contributed by atoms with Crippen molar-refractivity contribution in [2.45, 2.75) is 110 Å². The SMILES string of the molecule is CC(C)(C)OC(=O)N1CCC(c2ccc(CN3CCN(C[C@@H](CN4CCc5ccccc5C4)O[Si](C)(C)C(C)(C)C)C3=O)nc2)CC1. The summed E-state index contributed by atoms with van der Waals surface area (Å²) in [5.74, 6) is 0.366. The summed E-state index contributed by atoms with van der Waals surface area (Å²) in [5, 5.41) is 0.0910. The van der Waals surface area contributed by atoms with Crippen LogP contribution in [0.5, 0.6) is 0 Å². The van der Waals surface area contributed by atoms with Gasteiger partial charge >= 0.3 is 12.1 Å². The minimum Gasteiger partial charge on any atom is -0.444 e. The summed E-state index contributed by atoms with van der Waals surface area (Å²) in [5.41, 5.74) is 4.45. The number of carbonyl (C=O) groups is 2. The van der Waals surface area contributed by atoms with Crippen molar-refractivity contribution in [3.63, 3.8) is 0 Å². The molecule has 0 spiro atoms. The Bertz CT molecular complexity index is 1380. The van der Waals surface area contributed by atoms with E-state index in [1.165, 1.54) is 16.7 Å². The number of likely N-dealkylation sites (tertiary alicyclic amines) is 1. The summed E-state index contributed by atoms with van der Waals surface area (Å²) in [7, 11) is -2.05. The number of carbonyl (C=O) groups excluding carboxylic acids is 2. The van der Waals surface area contributed by atoms with Gasteiger partial charge in [-0.25, -0.2) is 9.59 Å². The molecule has 0 saturated carbocycles. The van der Waals surface area contributed by atoms with Gasteiger partial charge in [0, 0.05) is 58.6 Å². The van der Waals surface area contributed by atoms with Gasteiger partial charge in [-0.05, 0) is 86.8 Å². The highest BCUT2D eigenvalue weighted by Crippen LogP contribution is 2.38. The number of fused-ring (bicyclic) bond motifs is 1. The quantitative estimate of drug-likeness (QED) is 0.272. The molecule has 5 rings (SSSR count). The molecule has 3 amide bonds. The summed E-state index contributed by atoms with van der Waals surface area (Å²) < 4.78 is 12.6. The Labute approximate surface area is 283 Å². The molecule has 1 aromatic heterocycles. The van der Waals surface area contributed by atoms with Crippen molar-refractivity contribution in [3.05, 3.63) is 65.0 Å². The molecule has 2 aromatic rings. The van der Waals surface area contributed by atoms with Gasteiger partial charge in [-0.1, -0.05) is 51.1 Å². The van der Waals surface area contributed by atoms with Gasteiger partial charge in [-0.3, -0.25) is 9.88 Å². The number of nitrogens with zero attached hydrogens (tertiary/aromatic N) is 5. The lowest BCUT2D eigenvalue weighted by molar-refractivity contribution is 0.0204. The Kier molecular flexibility index (Phi) is 10.7. The van der Waals surface area contributed by atoms with E-state index in [4.69, 9.17) is 14.1 Å². The third kappa shape index (κ3) is 9.15. The molecule has 10 heteroatoms. The number of hydrogen-bond acceptors (Lipinski definition) is 6. The summed E-state index contributed by atoms with van der Waals surface area (Å²) in [4.78, 5) is 39.1. The van der Waals surface area contributed by atoms with Crippen LogP contribution in [0.1, 0.15) is 82.7 Å². The van der Waals surface area contributed by atoms with Crippen molar-refractivity contribution in [2.24, 2.45) is 0 Å². The van der Waals surface area contributed by atoms with Crippen LogP contribution in [0, 0.1) is 0 Å². The van der Waals surface area contributed by atoms with Crippen LogP contribution in [-0.4, -0.2) is 103 Å². The molecule has 1 atom stereocenters. The maximum absolute atomic E-state index is 13.7. The second-order valence-corrected chi connectivity index (χ2v) is 21.0. The summed E-state index contributed by atoms with van der Waals surface area (Å²) in [6.45, 7) is 23.8. The number of piperidine rings is 1. The van der Waals surface area contributed by atoms with Gasteiger partial charge in [0.2, 0.25) is 0 Å². The fraction of sp³-hybridized carbons (Fsp3) is 0.649. The van der Waals surface area contributed by atoms with Crippen molar-refractivity contribution in [1.29, 1.82) is 0 Å². The molecule has 1 aromatic carbocycles. The lowest BCUT2D eigenvalue weighted by Crippen LogP contribution is -2.51. The highest BCUT2D eigenvalue weighted by molar-refractivity contribution is 6.74. The van der Waals surface area contributed by atoms with E-state index >= 15 is 0 Å². The van der Waals surface area contributed by atoms with Gasteiger partial charge in [0.1, 0.15) is 5.60 Å². The number of benzene rings is 1. The minimum absolute atomic E-state index is 0.0378. The first-order valence-electron chi connectivity index (χ1n) is 17.5. The molecule has 258 valence electrons. The van der Waals surface area contributed by atoms with Crippen LogP contribution in [0.4, 0.5) is 9.59 Å². The predicted molar refractivity (Wildman–Crippen MR) is 189 cm³/mol. The van der Waals surface area contributed by atoms with Crippen molar-refractivity contribution < 1.29 is 18.8 Å². The highest BCUT2D eigenvalue weighted by Gasteiger charge is 2.41. The third-order valence-corrected chi connectivity index (χ3v) is 14.9. The maximum Gasteiger partial charge on any atom is 0.410 e. The average molecular weight is 664 g/mol. The number of hydrogen-bond donors (Lipinski definition) is 0. The van der Waals surface area contributed by atoms with Gasteiger partial charge in [0.05, 0.1) is 18.3 Å². The van der Waals surface area contributed by atoms with Gasteiger partial charge in [-0.2, -0.15) is 0 Å². The Morgan fingerprint density at radius 3 is 2.23 bits per heavy atom. The van der Waals surface area contributed by atoms with Crippen LogP contribution in [-0.2, 0) is 28.7 Å². The molecule has 3 aliphatic heterocycles. The Morgan fingerprint density at radius 1 is 0.915 bits per heavy atom. The molecular weight excluding hydrogens is 607 g/mol. The molecule has 2 saturated heterocycles. The monoisotopic (exact) mass is 663 g/mol. The molecule has 0 aliphatic carbocycles. The number of amides is 3. The van der Waals surface area contributed by atoms with E-state index in [-0.39, 0.29) is 23.3 Å². The zero-order valence-electron chi connectivity index (χ0n) is 30.1. The maximum atomic E-state index is 13.7. The molecule has 0 N–H and O–H groups in total. The van der Waals surface area contributed by atoms with Crippen LogP contribution in [0.2, 0.25) is 18.1 Å². The largest absolute Gasteiger partial charge is 0.444 e. The van der Waals surface area contributed by atoms with E-state index in [9.17, 15) is 9.59 Å². The average Bonchev–Trinajstić information content (AvgIpc) is 3.33. The lowest BCUT2D eigenvalue weighted by atomic mass is 9.90. The third-order valence-electron chi connectivity index (χ3n) is 10.4. The van der Waals surface area contributed by atoms with E-state index in [1.807, 2.05) is 41.7 Å². The molecule has 3 aliphatic rings. The van der Waals surface area contributed by atoms with Crippen molar-refractivity contribution in [1.82, 2.24) is 24.6 Å². The standard InChI is InChI=1S/C37H57N5O4Si/c1-36(2,3)45-35(44)40-19-16-29(17-20-40)30-13-14-32(38-23-30)25-41-21-22-42(34(41)43)27-33(46-47(7,8)37(4,5)6)26-39-18-15-28-11-9-10-12-31(28)24-39/h9-14,23,29,33H,15-22,24-27H2,1-8H3/t33-/m1/s1.